The molecule has 0 unspecified atom stereocenters. The summed E-state index contributed by atoms with van der Waals surface area (Å²) in [5.41, 5.74) is 37.4. The Bertz CT molecular complexity index is 4610. The molecule has 6 heterocycles. The summed E-state index contributed by atoms with van der Waals surface area (Å²) in [6.45, 7) is 0.740. The van der Waals surface area contributed by atoms with Crippen LogP contribution in [0.3, 0.4) is 0 Å². The van der Waals surface area contributed by atoms with Crippen molar-refractivity contribution in [2.75, 3.05) is 85.5 Å². The van der Waals surface area contributed by atoms with E-state index in [9.17, 15) is 29.1 Å². The van der Waals surface area contributed by atoms with Gasteiger partial charge in [0.1, 0.15) is 22.7 Å². The molecule has 0 atom stereocenters. The van der Waals surface area contributed by atoms with Gasteiger partial charge in [-0.1, -0.05) is 60.7 Å². The van der Waals surface area contributed by atoms with E-state index in [1.54, 1.807) is 146 Å². The molecule has 0 saturated carbocycles. The molecule has 0 fully saturated rings. The van der Waals surface area contributed by atoms with E-state index in [1.807, 2.05) is 23.6 Å². The summed E-state index contributed by atoms with van der Waals surface area (Å²) in [5.74, 6) is 5.14. The monoisotopic (exact) mass is 1380 g/mol. The van der Waals surface area contributed by atoms with Crippen LogP contribution in [-0.2, 0) is 4.74 Å². The lowest BCUT2D eigenvalue weighted by molar-refractivity contribution is 0.0593. The van der Waals surface area contributed by atoms with E-state index in [0.717, 1.165) is 11.1 Å². The number of carbonyl (C=O) groups is 5. The van der Waals surface area contributed by atoms with Gasteiger partial charge in [0.25, 0.3) is 47.2 Å². The third kappa shape index (κ3) is 17.5. The molecule has 11 aromatic rings. The quantitative estimate of drug-likeness (QED) is 0.0253. The van der Waals surface area contributed by atoms with Gasteiger partial charge in [0.05, 0.1) is 60.1 Å². The van der Waals surface area contributed by atoms with Gasteiger partial charge >= 0.3 is 5.97 Å². The number of anilines is 4. The van der Waals surface area contributed by atoms with Gasteiger partial charge in [-0.3, -0.25) is 24.6 Å². The Morgan fingerprint density at radius 2 is 0.897 bits per heavy atom. The number of para-hydroxylation sites is 2. The highest BCUT2D eigenvalue weighted by Gasteiger charge is 2.22. The van der Waals surface area contributed by atoms with Crippen molar-refractivity contribution in [3.63, 3.8) is 0 Å². The number of methoxy groups -OCH3 is 1. The topological polar surface area (TPSA) is 483 Å². The summed E-state index contributed by atoms with van der Waals surface area (Å²) in [5, 5.41) is 26.2. The zero-order valence-corrected chi connectivity index (χ0v) is 54.5. The second-order valence-corrected chi connectivity index (χ2v) is 21.5. The fourth-order valence-corrected chi connectivity index (χ4v) is 8.64. The number of amides is 4. The average molecular weight is 1380 g/mol. The minimum absolute atomic E-state index is 0.00824. The zero-order valence-electron chi connectivity index (χ0n) is 52.9. The van der Waals surface area contributed by atoms with E-state index in [2.05, 4.69) is 80.9 Å². The van der Waals surface area contributed by atoms with E-state index >= 15 is 0 Å². The van der Waals surface area contributed by atoms with E-state index in [-0.39, 0.29) is 93.1 Å². The highest BCUT2D eigenvalue weighted by molar-refractivity contribution is 9.10. The summed E-state index contributed by atoms with van der Waals surface area (Å²) in [4.78, 5) is 96.1. The number of nitrogens with two attached hydrogens (primary N) is 6. The molecule has 6 aromatic heterocycles. The standard InChI is InChI=1S/C23H23N7O3.C21H18N6O3.C14H16N6O2.C6H6BrN3O2/c1-30(2)23(31)15-9-7-14(8-10-15)17-13-26-20(25)19(27-17)22-29-28-21(33-22)16-5-3-4-6-18(16)32-12-11-24;1-27(2)21(29)13-9-7-12(8-10-13)15-11-23-18(22)17(24-15)20-26-25-19(30-20)14-5-3-4-6-16(14)28;1-20(2)14(22)9-5-3-8(4-6-9)10-7-17-12(15)11(18-10)13(21)19-16;1-12-6(11)4-5(8)9-2-3(7)10-4/h3-10,13H,11-12,24H2,1-2H3,(H2,25,26);3-11,28H,1-2H3,(H2,22,23);3-7H,16H2,1-2H3,(H2,15,17)(H,19,21);2H,1H3,(H2,8,9). The van der Waals surface area contributed by atoms with Crippen LogP contribution in [-0.4, -0.2) is 172 Å². The number of carbonyl (C=O) groups excluding carboxylic acids is 5. The van der Waals surface area contributed by atoms with Crippen LogP contribution in [0.4, 0.5) is 23.3 Å². The number of aromatic hydroxyl groups is 1. The summed E-state index contributed by atoms with van der Waals surface area (Å²) >= 11 is 3.06. The van der Waals surface area contributed by atoms with Crippen LogP contribution in [0.15, 0.2) is 160 Å². The number of ether oxygens (including phenoxy) is 2. The van der Waals surface area contributed by atoms with Crippen molar-refractivity contribution >= 4 is 68.8 Å². The molecule has 33 heteroatoms. The lowest BCUT2D eigenvalue weighted by Crippen LogP contribution is -2.31. The molecule has 0 aliphatic heterocycles. The summed E-state index contributed by atoms with van der Waals surface area (Å²) in [7, 11) is 11.4. The normalized spacial score (nSPS) is 10.5. The first-order chi connectivity index (χ1) is 46.5. The van der Waals surface area contributed by atoms with Gasteiger partial charge in [-0.25, -0.2) is 50.5 Å². The highest BCUT2D eigenvalue weighted by Crippen LogP contribution is 2.34. The van der Waals surface area contributed by atoms with Crippen molar-refractivity contribution in [3.8, 4) is 91.3 Å². The largest absolute Gasteiger partial charge is 0.507 e. The molecule has 0 bridgehead atoms. The Balaban J connectivity index is 0.000000174. The van der Waals surface area contributed by atoms with Crippen molar-refractivity contribution in [2.24, 2.45) is 11.6 Å². The van der Waals surface area contributed by atoms with Gasteiger partial charge in [0.2, 0.25) is 0 Å². The summed E-state index contributed by atoms with van der Waals surface area (Å²) in [6.07, 6.45) is 5.93. The Labute approximate surface area is 561 Å². The highest BCUT2D eigenvalue weighted by atomic mass is 79.9. The Kier molecular flexibility index (Phi) is 23.3. The maximum Gasteiger partial charge on any atom is 0.360 e. The van der Waals surface area contributed by atoms with E-state index in [1.165, 1.54) is 46.5 Å². The fourth-order valence-electron chi connectivity index (χ4n) is 8.36. The van der Waals surface area contributed by atoms with Gasteiger partial charge in [0.15, 0.2) is 46.0 Å². The van der Waals surface area contributed by atoms with Gasteiger partial charge < -0.3 is 66.8 Å². The zero-order chi connectivity index (χ0) is 70.0. The van der Waals surface area contributed by atoms with E-state index in [0.29, 0.717) is 74.0 Å². The number of esters is 1. The van der Waals surface area contributed by atoms with Crippen molar-refractivity contribution in [1.82, 2.24) is 80.4 Å². The van der Waals surface area contributed by atoms with Gasteiger partial charge in [-0.05, 0) is 76.6 Å². The number of hydrogen-bond acceptors (Lipinski definition) is 28. The van der Waals surface area contributed by atoms with Crippen LogP contribution in [0.25, 0.3) is 79.8 Å². The smallest absolute Gasteiger partial charge is 0.360 e. The van der Waals surface area contributed by atoms with Crippen LogP contribution in [0, 0.1) is 0 Å². The first-order valence-electron chi connectivity index (χ1n) is 28.6. The molecule has 496 valence electrons. The molecular formula is C64H63BrN22O10. The number of phenolic OH excluding ortho intramolecular Hbond substituents is 1. The maximum atomic E-state index is 12.1. The molecule has 0 radical (unpaired) electrons. The average Bonchev–Trinajstić information content (AvgIpc) is 1.73. The van der Waals surface area contributed by atoms with Crippen molar-refractivity contribution < 1.29 is 47.4 Å². The molecule has 32 nitrogen and oxygen atoms in total. The van der Waals surface area contributed by atoms with E-state index in [4.69, 9.17) is 48.1 Å². The summed E-state index contributed by atoms with van der Waals surface area (Å²) < 4.78 is 22.1. The number of halogens is 1. The number of hydrogen-bond donors (Lipinski definition) is 8. The van der Waals surface area contributed by atoms with Gasteiger partial charge in [0, 0.05) is 82.2 Å². The molecule has 0 spiro atoms. The minimum Gasteiger partial charge on any atom is -0.507 e. The minimum atomic E-state index is -0.619. The Morgan fingerprint density at radius 3 is 1.33 bits per heavy atom. The third-order valence-corrected chi connectivity index (χ3v) is 13.7. The second-order valence-electron chi connectivity index (χ2n) is 20.7. The third-order valence-electron chi connectivity index (χ3n) is 13.3. The number of phenols is 1. The SMILES string of the molecule is CN(C)C(=O)c1ccc(-c2cnc(N)c(-c3nnc(-c4ccccc4O)o3)n2)cc1.CN(C)C(=O)c1ccc(-c2cnc(N)c(-c3nnc(-c4ccccc4OCCN)o3)n2)cc1.CN(C)C(=O)c1ccc(-c2cnc(N)c(C(=O)NN)n2)cc1.COC(=O)c1nc(Br)cnc1N. The number of aromatic nitrogens is 12. The van der Waals surface area contributed by atoms with Crippen LogP contribution in [0.2, 0.25) is 0 Å². The molecule has 14 N–H and O–H groups in total. The Hall–Kier alpha value is -12.8. The first-order valence-corrected chi connectivity index (χ1v) is 29.4. The number of benzene rings is 5. The predicted molar refractivity (Wildman–Crippen MR) is 361 cm³/mol. The van der Waals surface area contributed by atoms with E-state index < -0.39 is 11.9 Å². The summed E-state index contributed by atoms with van der Waals surface area (Å²) in [6, 6.07) is 34.8. The molecule has 0 aliphatic rings. The van der Waals surface area contributed by atoms with Crippen molar-refractivity contribution in [1.29, 1.82) is 0 Å². The van der Waals surface area contributed by atoms with Gasteiger partial charge in [-0.2, -0.15) is 0 Å². The Morgan fingerprint density at radius 1 is 0.505 bits per heavy atom. The predicted octanol–water partition coefficient (Wildman–Crippen LogP) is 5.97. The maximum absolute atomic E-state index is 12.1. The number of nitrogens with zero attached hydrogens (tertiary/aromatic N) is 15. The van der Waals surface area contributed by atoms with Crippen LogP contribution in [0.5, 0.6) is 11.5 Å². The second kappa shape index (κ2) is 32.2. The molecule has 0 aliphatic carbocycles. The number of nitrogens with one attached hydrogen (secondary N) is 1. The lowest BCUT2D eigenvalue weighted by Gasteiger charge is -2.10. The molecule has 97 heavy (non-hydrogen) atoms. The van der Waals surface area contributed by atoms with Gasteiger partial charge in [-0.15, -0.1) is 20.4 Å². The molecule has 0 saturated heterocycles. The number of rotatable bonds is 15. The fraction of sp³-hybridized carbons (Fsp3) is 0.141. The van der Waals surface area contributed by atoms with Crippen molar-refractivity contribution in [2.45, 2.75) is 0 Å². The van der Waals surface area contributed by atoms with Crippen LogP contribution >= 0.6 is 15.9 Å². The first kappa shape index (κ1) is 70.1. The molecule has 11 rings (SSSR count). The van der Waals surface area contributed by atoms with Crippen LogP contribution in [0.1, 0.15) is 52.1 Å². The molecule has 5 aromatic carbocycles. The number of hydrazine groups is 1. The lowest BCUT2D eigenvalue weighted by atomic mass is 10.1. The van der Waals surface area contributed by atoms with Crippen molar-refractivity contribution in [3.05, 3.63) is 179 Å². The van der Waals surface area contributed by atoms with Crippen LogP contribution < -0.4 is 44.7 Å². The molecular weight excluding hydrogens is 1320 g/mol. The molecule has 4 amide bonds. The number of nitrogen functional groups attached to an aromatic ring is 5.